The number of aromatic hydroxyl groups is 1. The lowest BCUT2D eigenvalue weighted by molar-refractivity contribution is 0.480. The van der Waals surface area contributed by atoms with E-state index in [-0.39, 0.29) is 32.3 Å². The second-order valence-electron chi connectivity index (χ2n) is 4.64. The molecule has 1 aliphatic rings. The summed E-state index contributed by atoms with van der Waals surface area (Å²) in [4.78, 5) is 16.3. The van der Waals surface area contributed by atoms with Gasteiger partial charge in [0.2, 0.25) is 0 Å². The molecule has 0 unspecified atom stereocenters. The molecule has 1 aromatic carbocycles. The summed E-state index contributed by atoms with van der Waals surface area (Å²) in [7, 11) is 0. The molecule has 0 radical (unpaired) electrons. The van der Waals surface area contributed by atoms with Gasteiger partial charge in [-0.1, -0.05) is 23.2 Å². The van der Waals surface area contributed by atoms with Gasteiger partial charge in [-0.05, 0) is 24.8 Å². The minimum atomic E-state index is -0.345. The molecule has 0 atom stereocenters. The Bertz CT molecular complexity index is 710. The largest absolute Gasteiger partial charge is 0.504 e. The molecular formula is C12H11Cl2N3O2. The van der Waals surface area contributed by atoms with Crippen molar-refractivity contribution in [3.05, 3.63) is 32.8 Å². The number of nitrogens with one attached hydrogen (secondary N) is 1. The van der Waals surface area contributed by atoms with Gasteiger partial charge in [-0.3, -0.25) is 4.79 Å². The lowest BCUT2D eigenvalue weighted by Gasteiger charge is -2.10. The van der Waals surface area contributed by atoms with Crippen molar-refractivity contribution in [2.45, 2.75) is 12.8 Å². The van der Waals surface area contributed by atoms with Crippen molar-refractivity contribution in [2.24, 2.45) is 5.92 Å². The number of halogens is 2. The maximum absolute atomic E-state index is 12.3. The van der Waals surface area contributed by atoms with Gasteiger partial charge in [0.15, 0.2) is 5.75 Å². The number of phenols is 1. The molecule has 7 heteroatoms. The zero-order chi connectivity index (χ0) is 13.6. The summed E-state index contributed by atoms with van der Waals surface area (Å²) >= 11 is 11.8. The van der Waals surface area contributed by atoms with Crippen LogP contribution >= 0.6 is 23.2 Å². The molecular weight excluding hydrogens is 289 g/mol. The fraction of sp³-hybridized carbons (Fsp3) is 0.333. The Morgan fingerprint density at radius 1 is 1.42 bits per heavy atom. The van der Waals surface area contributed by atoms with Crippen LogP contribution in [0.4, 0.5) is 0 Å². The highest BCUT2D eigenvalue weighted by Crippen LogP contribution is 2.34. The minimum Gasteiger partial charge on any atom is -0.504 e. The number of benzene rings is 1. The zero-order valence-corrected chi connectivity index (χ0v) is 11.4. The van der Waals surface area contributed by atoms with Crippen molar-refractivity contribution in [2.75, 3.05) is 12.0 Å². The SMILES string of the molecule is O=c1c2c(Cl)cc(Cl)c(O)c2ncn1NCC1CC1. The molecule has 1 aromatic heterocycles. The van der Waals surface area contributed by atoms with E-state index in [1.165, 1.54) is 29.9 Å². The van der Waals surface area contributed by atoms with E-state index in [2.05, 4.69) is 10.4 Å². The molecule has 0 aliphatic heterocycles. The smallest absolute Gasteiger partial charge is 0.281 e. The zero-order valence-electron chi connectivity index (χ0n) is 9.86. The molecule has 100 valence electrons. The van der Waals surface area contributed by atoms with E-state index >= 15 is 0 Å². The third kappa shape index (κ3) is 2.24. The first-order chi connectivity index (χ1) is 9.08. The Morgan fingerprint density at radius 2 is 2.16 bits per heavy atom. The van der Waals surface area contributed by atoms with Crippen molar-refractivity contribution in [1.29, 1.82) is 0 Å². The van der Waals surface area contributed by atoms with Crippen molar-refractivity contribution >= 4 is 34.1 Å². The van der Waals surface area contributed by atoms with Crippen LogP contribution in [0.5, 0.6) is 5.75 Å². The molecule has 0 saturated heterocycles. The fourth-order valence-electron chi connectivity index (χ4n) is 1.88. The van der Waals surface area contributed by atoms with E-state index < -0.39 is 0 Å². The van der Waals surface area contributed by atoms with E-state index in [1.807, 2.05) is 0 Å². The predicted molar refractivity (Wildman–Crippen MR) is 74.6 cm³/mol. The van der Waals surface area contributed by atoms with Crippen molar-refractivity contribution < 1.29 is 5.11 Å². The average Bonchev–Trinajstić information content (AvgIpc) is 3.18. The van der Waals surface area contributed by atoms with Gasteiger partial charge in [0.05, 0.1) is 15.4 Å². The van der Waals surface area contributed by atoms with Crippen LogP contribution in [0.15, 0.2) is 17.2 Å². The summed E-state index contributed by atoms with van der Waals surface area (Å²) in [5.41, 5.74) is 2.77. The summed E-state index contributed by atoms with van der Waals surface area (Å²) < 4.78 is 1.29. The maximum atomic E-state index is 12.3. The molecule has 19 heavy (non-hydrogen) atoms. The Morgan fingerprint density at radius 3 is 2.84 bits per heavy atom. The van der Waals surface area contributed by atoms with Crippen LogP contribution in [0, 0.1) is 5.92 Å². The monoisotopic (exact) mass is 299 g/mol. The minimum absolute atomic E-state index is 0.0769. The van der Waals surface area contributed by atoms with Crippen molar-refractivity contribution in [3.8, 4) is 5.75 Å². The molecule has 0 spiro atoms. The average molecular weight is 300 g/mol. The first kappa shape index (κ1) is 12.6. The molecule has 1 saturated carbocycles. The Hall–Kier alpha value is -1.46. The van der Waals surface area contributed by atoms with E-state index in [4.69, 9.17) is 23.2 Å². The molecule has 3 rings (SSSR count). The molecule has 0 bridgehead atoms. The van der Waals surface area contributed by atoms with E-state index in [1.54, 1.807) is 0 Å². The number of rotatable bonds is 3. The topological polar surface area (TPSA) is 67.1 Å². The number of hydrogen-bond acceptors (Lipinski definition) is 4. The quantitative estimate of drug-likeness (QED) is 0.913. The van der Waals surface area contributed by atoms with E-state index in [0.29, 0.717) is 5.92 Å². The number of nitrogens with zero attached hydrogens (tertiary/aromatic N) is 2. The fourth-order valence-corrected chi connectivity index (χ4v) is 2.41. The normalized spacial score (nSPS) is 14.8. The lowest BCUT2D eigenvalue weighted by Crippen LogP contribution is -2.30. The Kier molecular flexibility index (Phi) is 3.03. The summed E-state index contributed by atoms with van der Waals surface area (Å²) in [6.45, 7) is 0.726. The second kappa shape index (κ2) is 4.58. The summed E-state index contributed by atoms with van der Waals surface area (Å²) in [5.74, 6) is 0.393. The highest BCUT2D eigenvalue weighted by molar-refractivity contribution is 6.39. The molecule has 1 aliphatic carbocycles. The Labute approximate surface area is 118 Å². The van der Waals surface area contributed by atoms with Crippen molar-refractivity contribution in [1.82, 2.24) is 9.66 Å². The molecule has 1 heterocycles. The van der Waals surface area contributed by atoms with Gasteiger partial charge < -0.3 is 10.5 Å². The molecule has 0 amide bonds. The van der Waals surface area contributed by atoms with Crippen LogP contribution < -0.4 is 11.0 Å². The van der Waals surface area contributed by atoms with Gasteiger partial charge in [0.25, 0.3) is 5.56 Å². The summed E-state index contributed by atoms with van der Waals surface area (Å²) in [6, 6.07) is 1.34. The number of hydrogen-bond donors (Lipinski definition) is 2. The van der Waals surface area contributed by atoms with Crippen LogP contribution in [0.3, 0.4) is 0 Å². The van der Waals surface area contributed by atoms with Gasteiger partial charge in [0, 0.05) is 6.54 Å². The van der Waals surface area contributed by atoms with Crippen LogP contribution in [-0.4, -0.2) is 21.3 Å². The first-order valence-corrected chi connectivity index (χ1v) is 6.65. The van der Waals surface area contributed by atoms with Gasteiger partial charge >= 0.3 is 0 Å². The van der Waals surface area contributed by atoms with Crippen LogP contribution in [0.25, 0.3) is 10.9 Å². The number of phenolic OH excluding ortho intramolecular Hbond substituents is 1. The summed E-state index contributed by atoms with van der Waals surface area (Å²) in [5, 5.41) is 10.2. The van der Waals surface area contributed by atoms with E-state index in [0.717, 1.165) is 6.54 Å². The lowest BCUT2D eigenvalue weighted by atomic mass is 10.2. The Balaban J connectivity index is 2.12. The standard InChI is InChI=1S/C12H11Cl2N3O2/c13-7-3-8(14)11(18)10-9(7)12(19)17(5-15-10)16-4-6-1-2-6/h3,5-6,16,18H,1-2,4H2. The molecule has 5 nitrogen and oxygen atoms in total. The van der Waals surface area contributed by atoms with Gasteiger partial charge in [-0.15, -0.1) is 0 Å². The molecule has 2 aromatic rings. The predicted octanol–water partition coefficient (Wildman–Crippen LogP) is 2.36. The number of fused-ring (bicyclic) bond motifs is 1. The highest BCUT2D eigenvalue weighted by Gasteiger charge is 2.21. The highest BCUT2D eigenvalue weighted by atomic mass is 35.5. The van der Waals surface area contributed by atoms with Crippen LogP contribution in [0.2, 0.25) is 10.0 Å². The van der Waals surface area contributed by atoms with Gasteiger partial charge in [0.1, 0.15) is 11.8 Å². The first-order valence-electron chi connectivity index (χ1n) is 5.90. The number of aromatic nitrogens is 2. The molecule has 1 fully saturated rings. The van der Waals surface area contributed by atoms with Crippen LogP contribution in [0.1, 0.15) is 12.8 Å². The maximum Gasteiger partial charge on any atom is 0.281 e. The third-order valence-corrected chi connectivity index (χ3v) is 3.75. The van der Waals surface area contributed by atoms with Gasteiger partial charge in [-0.2, -0.15) is 0 Å². The third-order valence-electron chi connectivity index (χ3n) is 3.16. The second-order valence-corrected chi connectivity index (χ2v) is 5.45. The molecule has 2 N–H and O–H groups in total. The van der Waals surface area contributed by atoms with Crippen molar-refractivity contribution in [3.63, 3.8) is 0 Å². The van der Waals surface area contributed by atoms with Gasteiger partial charge in [-0.25, -0.2) is 9.66 Å². The summed E-state index contributed by atoms with van der Waals surface area (Å²) in [6.07, 6.45) is 3.69. The van der Waals surface area contributed by atoms with E-state index in [9.17, 15) is 9.90 Å². The van der Waals surface area contributed by atoms with Crippen LogP contribution in [-0.2, 0) is 0 Å².